The number of nitrogens with zero attached hydrogens (tertiary/aromatic N) is 5. The Hall–Kier alpha value is -2.62. The molecule has 2 aromatic heterocycles. The van der Waals surface area contributed by atoms with E-state index >= 15 is 0 Å². The van der Waals surface area contributed by atoms with Crippen molar-refractivity contribution in [2.45, 2.75) is 90.6 Å². The van der Waals surface area contributed by atoms with Crippen molar-refractivity contribution in [2.24, 2.45) is 0 Å². The Labute approximate surface area is 212 Å². The molecule has 9 nitrogen and oxygen atoms in total. The molecular formula is C27H38N6O3. The molecule has 1 aromatic carbocycles. The smallest absolute Gasteiger partial charge is 0.252 e. The number of rotatable bonds is 10. The molecule has 3 aromatic rings. The van der Waals surface area contributed by atoms with E-state index in [9.17, 15) is 4.79 Å². The molecule has 1 N–H and O–H groups in total. The van der Waals surface area contributed by atoms with Crippen molar-refractivity contribution in [3.63, 3.8) is 0 Å². The first-order chi connectivity index (χ1) is 17.5. The van der Waals surface area contributed by atoms with Crippen LogP contribution in [0.5, 0.6) is 0 Å². The molecule has 0 spiro atoms. The number of tetrazole rings is 1. The van der Waals surface area contributed by atoms with E-state index in [0.29, 0.717) is 13.1 Å². The van der Waals surface area contributed by atoms with Crippen molar-refractivity contribution in [1.82, 2.24) is 30.1 Å². The number of nitrogens with one attached hydrogen (secondary N) is 1. The zero-order valence-electron chi connectivity index (χ0n) is 21.7. The van der Waals surface area contributed by atoms with Gasteiger partial charge in [-0.15, -0.1) is 5.10 Å². The van der Waals surface area contributed by atoms with Gasteiger partial charge in [-0.2, -0.15) is 0 Å². The van der Waals surface area contributed by atoms with Gasteiger partial charge in [-0.1, -0.05) is 13.3 Å². The molecule has 194 valence electrons. The Balaban J connectivity index is 1.48. The second-order valence-electron chi connectivity index (χ2n) is 10.4. The molecule has 0 aliphatic carbocycles. The van der Waals surface area contributed by atoms with Crippen molar-refractivity contribution in [2.75, 3.05) is 19.8 Å². The van der Waals surface area contributed by atoms with Crippen LogP contribution in [0.15, 0.2) is 23.0 Å². The molecule has 2 aliphatic heterocycles. The minimum Gasteiger partial charge on any atom is -0.377 e. The summed E-state index contributed by atoms with van der Waals surface area (Å²) in [6.45, 7) is 9.86. The van der Waals surface area contributed by atoms with E-state index < -0.39 is 0 Å². The third-order valence-corrected chi connectivity index (χ3v) is 7.63. The minimum atomic E-state index is -0.0442. The number of aryl methyl sites for hydroxylation is 2. The number of benzene rings is 1. The quantitative estimate of drug-likeness (QED) is 0.457. The Morgan fingerprint density at radius 2 is 1.86 bits per heavy atom. The van der Waals surface area contributed by atoms with Gasteiger partial charge < -0.3 is 14.5 Å². The van der Waals surface area contributed by atoms with Gasteiger partial charge in [0.15, 0.2) is 5.82 Å². The zero-order chi connectivity index (χ0) is 25.1. The number of aromatic nitrogens is 5. The average Bonchev–Trinajstić information content (AvgIpc) is 3.63. The van der Waals surface area contributed by atoms with Gasteiger partial charge in [0.2, 0.25) is 0 Å². The minimum absolute atomic E-state index is 0.0227. The maximum atomic E-state index is 13.2. The van der Waals surface area contributed by atoms with Crippen LogP contribution in [0, 0.1) is 13.8 Å². The number of fused-ring (bicyclic) bond motifs is 1. The number of aromatic amines is 1. The van der Waals surface area contributed by atoms with Crippen LogP contribution < -0.4 is 5.56 Å². The Morgan fingerprint density at radius 3 is 2.58 bits per heavy atom. The van der Waals surface area contributed by atoms with Crippen molar-refractivity contribution in [3.05, 3.63) is 51.1 Å². The summed E-state index contributed by atoms with van der Waals surface area (Å²) in [4.78, 5) is 18.7. The molecule has 0 bridgehead atoms. The number of ether oxygens (including phenoxy) is 2. The molecule has 4 heterocycles. The fraction of sp³-hybridized carbons (Fsp3) is 0.630. The number of pyridine rings is 1. The molecule has 5 rings (SSSR count). The van der Waals surface area contributed by atoms with Gasteiger partial charge in [-0.3, -0.25) is 9.69 Å². The summed E-state index contributed by atoms with van der Waals surface area (Å²) in [6.07, 6.45) is 6.38. The van der Waals surface area contributed by atoms with Crippen LogP contribution in [0.4, 0.5) is 0 Å². The van der Waals surface area contributed by atoms with E-state index in [4.69, 9.17) is 9.47 Å². The fourth-order valence-electron chi connectivity index (χ4n) is 5.52. The normalized spacial score (nSPS) is 21.1. The van der Waals surface area contributed by atoms with E-state index in [1.807, 2.05) is 10.7 Å². The molecule has 2 saturated heterocycles. The third kappa shape index (κ3) is 5.53. The summed E-state index contributed by atoms with van der Waals surface area (Å²) in [6, 6.07) is 6.23. The molecule has 2 aliphatic rings. The molecule has 2 fully saturated rings. The summed E-state index contributed by atoms with van der Waals surface area (Å²) in [7, 11) is 0. The molecule has 36 heavy (non-hydrogen) atoms. The van der Waals surface area contributed by atoms with Crippen molar-refractivity contribution in [3.8, 4) is 0 Å². The van der Waals surface area contributed by atoms with Gasteiger partial charge in [0.25, 0.3) is 5.56 Å². The lowest BCUT2D eigenvalue weighted by atomic mass is 10.0. The highest BCUT2D eigenvalue weighted by atomic mass is 16.5. The van der Waals surface area contributed by atoms with Crippen LogP contribution in [0.2, 0.25) is 0 Å². The van der Waals surface area contributed by atoms with Gasteiger partial charge >= 0.3 is 0 Å². The van der Waals surface area contributed by atoms with E-state index in [0.717, 1.165) is 80.6 Å². The monoisotopic (exact) mass is 494 g/mol. The molecule has 0 amide bonds. The van der Waals surface area contributed by atoms with Crippen LogP contribution >= 0.6 is 0 Å². The second-order valence-corrected chi connectivity index (χ2v) is 10.4. The van der Waals surface area contributed by atoms with E-state index in [1.165, 1.54) is 11.1 Å². The largest absolute Gasteiger partial charge is 0.377 e. The summed E-state index contributed by atoms with van der Waals surface area (Å²) < 4.78 is 13.8. The SMILES string of the molecule is CCC[C@@H](c1nnnn1C[C@H]1CCCO1)N(Cc1cc2cc(C)c(C)cc2[nH]c1=O)C[C@@H]1CCCO1. The third-order valence-electron chi connectivity index (χ3n) is 7.63. The fourth-order valence-corrected chi connectivity index (χ4v) is 5.52. The highest BCUT2D eigenvalue weighted by molar-refractivity contribution is 5.80. The van der Waals surface area contributed by atoms with Gasteiger partial charge in [0.05, 0.1) is 24.8 Å². The predicted molar refractivity (Wildman–Crippen MR) is 138 cm³/mol. The topological polar surface area (TPSA) is 98.2 Å². The lowest BCUT2D eigenvalue weighted by molar-refractivity contribution is 0.0457. The first kappa shape index (κ1) is 25.0. The Morgan fingerprint density at radius 1 is 1.11 bits per heavy atom. The summed E-state index contributed by atoms with van der Waals surface area (Å²) in [5.41, 5.74) is 3.98. The van der Waals surface area contributed by atoms with Crippen LogP contribution in [0.1, 0.15) is 74.0 Å². The molecule has 0 saturated carbocycles. The Kier molecular flexibility index (Phi) is 7.79. The van der Waals surface area contributed by atoms with Crippen LogP contribution in [0.3, 0.4) is 0 Å². The highest BCUT2D eigenvalue weighted by Crippen LogP contribution is 2.29. The van der Waals surface area contributed by atoms with Gasteiger partial charge in [-0.05, 0) is 91.1 Å². The van der Waals surface area contributed by atoms with E-state index in [-0.39, 0.29) is 23.8 Å². The molecule has 3 atom stereocenters. The van der Waals surface area contributed by atoms with Crippen molar-refractivity contribution in [1.29, 1.82) is 0 Å². The first-order valence-corrected chi connectivity index (χ1v) is 13.4. The van der Waals surface area contributed by atoms with Crippen molar-refractivity contribution >= 4 is 10.9 Å². The Bertz CT molecular complexity index is 1230. The van der Waals surface area contributed by atoms with Gasteiger partial charge in [-0.25, -0.2) is 4.68 Å². The lowest BCUT2D eigenvalue weighted by Crippen LogP contribution is -2.38. The maximum Gasteiger partial charge on any atom is 0.252 e. The highest BCUT2D eigenvalue weighted by Gasteiger charge is 2.31. The summed E-state index contributed by atoms with van der Waals surface area (Å²) in [5.74, 6) is 0.842. The summed E-state index contributed by atoms with van der Waals surface area (Å²) >= 11 is 0. The molecule has 9 heteroatoms. The molecule has 0 unspecified atom stereocenters. The number of H-pyrrole nitrogens is 1. The van der Waals surface area contributed by atoms with Crippen LogP contribution in [-0.4, -0.2) is 62.1 Å². The predicted octanol–water partition coefficient (Wildman–Crippen LogP) is 3.83. The maximum absolute atomic E-state index is 13.2. The standard InChI is InChI=1S/C27H38N6O3/c1-4-7-25(26-29-30-31-33(26)17-23-9-6-11-36-23)32(16-22-8-5-10-35-22)15-21-14-20-12-18(2)19(3)13-24(20)28-27(21)34/h12-14,22-23,25H,4-11,15-17H2,1-3H3,(H,28,34)/t22-,23+,25-/m0/s1. The van der Waals surface area contributed by atoms with Gasteiger partial charge in [0, 0.05) is 37.4 Å². The van der Waals surface area contributed by atoms with Crippen LogP contribution in [-0.2, 0) is 22.6 Å². The summed E-state index contributed by atoms with van der Waals surface area (Å²) in [5, 5.41) is 13.9. The average molecular weight is 495 g/mol. The van der Waals surface area contributed by atoms with Crippen molar-refractivity contribution < 1.29 is 9.47 Å². The second kappa shape index (κ2) is 11.2. The van der Waals surface area contributed by atoms with E-state index in [2.05, 4.69) is 58.3 Å². The number of hydrogen-bond donors (Lipinski definition) is 1. The van der Waals surface area contributed by atoms with Crippen LogP contribution in [0.25, 0.3) is 10.9 Å². The molecule has 0 radical (unpaired) electrons. The zero-order valence-corrected chi connectivity index (χ0v) is 21.7. The first-order valence-electron chi connectivity index (χ1n) is 13.4. The lowest BCUT2D eigenvalue weighted by Gasteiger charge is -2.32. The van der Waals surface area contributed by atoms with Gasteiger partial charge in [0.1, 0.15) is 0 Å². The van der Waals surface area contributed by atoms with E-state index in [1.54, 1.807) is 0 Å². The molecular weight excluding hydrogens is 456 g/mol. The number of hydrogen-bond acceptors (Lipinski definition) is 7.